The molecular formula is C7H16O6P2S. The van der Waals surface area contributed by atoms with Gasteiger partial charge < -0.3 is 24.7 Å². The normalized spacial score (nSPS) is 28.1. The lowest BCUT2D eigenvalue weighted by Gasteiger charge is -2.37. The van der Waals surface area contributed by atoms with Gasteiger partial charge in [-0.2, -0.15) is 11.8 Å². The zero-order valence-corrected chi connectivity index (χ0v) is 11.3. The standard InChI is InChI=1S/C7H16O6P2S/c1-5(6-2-3-16-4-6)7(8,14(9)10)15(11,12)13/h5-6,8-10H,2-4H2,1H3,(H2,11,12,13). The first-order chi connectivity index (χ1) is 7.21. The molecule has 3 atom stereocenters. The van der Waals surface area contributed by atoms with Crippen LogP contribution in [-0.4, -0.2) is 41.3 Å². The second-order valence-corrected chi connectivity index (χ2v) is 8.47. The largest absolute Gasteiger partial charge is 0.370 e. The molecule has 0 bridgehead atoms. The highest BCUT2D eigenvalue weighted by Crippen LogP contribution is 2.68. The van der Waals surface area contributed by atoms with E-state index in [2.05, 4.69) is 0 Å². The van der Waals surface area contributed by atoms with Gasteiger partial charge in [-0.05, 0) is 23.8 Å². The second kappa shape index (κ2) is 5.21. The van der Waals surface area contributed by atoms with Gasteiger partial charge in [0.1, 0.15) is 0 Å². The van der Waals surface area contributed by atoms with Crippen LogP contribution in [0.25, 0.3) is 0 Å². The molecule has 1 rings (SSSR count). The van der Waals surface area contributed by atoms with Crippen LogP contribution in [0.5, 0.6) is 0 Å². The molecular weight excluding hydrogens is 274 g/mol. The molecule has 0 spiro atoms. The molecule has 0 aliphatic carbocycles. The number of rotatable bonds is 4. The van der Waals surface area contributed by atoms with Crippen molar-refractivity contribution >= 4 is 27.7 Å². The Balaban J connectivity index is 2.97. The van der Waals surface area contributed by atoms with Gasteiger partial charge in [0.25, 0.3) is 0 Å². The van der Waals surface area contributed by atoms with E-state index < -0.39 is 27.0 Å². The van der Waals surface area contributed by atoms with Crippen LogP contribution in [0, 0.1) is 11.8 Å². The predicted octanol–water partition coefficient (Wildman–Crippen LogP) is 0.496. The fourth-order valence-corrected chi connectivity index (χ4v) is 5.47. The quantitative estimate of drug-likeness (QED) is 0.478. The molecule has 16 heavy (non-hydrogen) atoms. The highest BCUT2D eigenvalue weighted by molar-refractivity contribution is 7.99. The Bertz CT molecular complexity index is 289. The molecule has 1 aliphatic heterocycles. The molecule has 9 heteroatoms. The van der Waals surface area contributed by atoms with Gasteiger partial charge in [-0.3, -0.25) is 4.57 Å². The molecule has 96 valence electrons. The van der Waals surface area contributed by atoms with Crippen molar-refractivity contribution in [2.75, 3.05) is 11.5 Å². The molecule has 1 heterocycles. The summed E-state index contributed by atoms with van der Waals surface area (Å²) in [7, 11) is -8.08. The summed E-state index contributed by atoms with van der Waals surface area (Å²) in [5, 5.41) is 7.20. The van der Waals surface area contributed by atoms with Crippen molar-refractivity contribution < 1.29 is 29.2 Å². The van der Waals surface area contributed by atoms with Crippen LogP contribution in [0.3, 0.4) is 0 Å². The van der Waals surface area contributed by atoms with Gasteiger partial charge in [-0.15, -0.1) is 0 Å². The summed E-state index contributed by atoms with van der Waals surface area (Å²) in [6, 6.07) is 0. The van der Waals surface area contributed by atoms with Crippen molar-refractivity contribution in [1.82, 2.24) is 0 Å². The first-order valence-electron chi connectivity index (χ1n) is 4.75. The fourth-order valence-electron chi connectivity index (χ4n) is 1.83. The lowest BCUT2D eigenvalue weighted by atomic mass is 9.94. The first-order valence-corrected chi connectivity index (χ1v) is 8.76. The molecule has 0 aromatic carbocycles. The zero-order chi connectivity index (χ0) is 12.6. The van der Waals surface area contributed by atoms with Crippen molar-refractivity contribution in [2.45, 2.75) is 18.4 Å². The second-order valence-electron chi connectivity index (χ2n) is 3.93. The fraction of sp³-hybridized carbons (Fsp3) is 1.00. The van der Waals surface area contributed by atoms with E-state index in [-0.39, 0.29) is 5.92 Å². The smallest absolute Gasteiger partial charge is 0.366 e. The minimum Gasteiger partial charge on any atom is -0.370 e. The van der Waals surface area contributed by atoms with Crippen molar-refractivity contribution in [3.05, 3.63) is 0 Å². The predicted molar refractivity (Wildman–Crippen MR) is 62.9 cm³/mol. The van der Waals surface area contributed by atoms with E-state index in [0.29, 0.717) is 5.75 Å². The summed E-state index contributed by atoms with van der Waals surface area (Å²) < 4.78 is 11.2. The molecule has 3 unspecified atom stereocenters. The zero-order valence-electron chi connectivity index (χ0n) is 8.72. The van der Waals surface area contributed by atoms with Crippen LogP contribution in [0.15, 0.2) is 0 Å². The topological polar surface area (TPSA) is 118 Å². The number of thioether (sulfide) groups is 1. The van der Waals surface area contributed by atoms with E-state index in [9.17, 15) is 9.67 Å². The minimum absolute atomic E-state index is 0.105. The summed E-state index contributed by atoms with van der Waals surface area (Å²) in [4.78, 5) is 36.4. The molecule has 0 saturated carbocycles. The number of hydrogen-bond donors (Lipinski definition) is 5. The Kier molecular flexibility index (Phi) is 4.84. The SMILES string of the molecule is CC(C1CCSC1)C(O)(P(O)O)P(=O)(O)O. The summed E-state index contributed by atoms with van der Waals surface area (Å²) in [5.74, 6) is 0.588. The monoisotopic (exact) mass is 290 g/mol. The van der Waals surface area contributed by atoms with Crippen LogP contribution >= 0.6 is 27.7 Å². The van der Waals surface area contributed by atoms with Crippen LogP contribution in [0.4, 0.5) is 0 Å². The third-order valence-electron chi connectivity index (χ3n) is 3.01. The van der Waals surface area contributed by atoms with E-state index in [1.54, 1.807) is 11.8 Å². The minimum atomic E-state index is -4.98. The van der Waals surface area contributed by atoms with Gasteiger partial charge in [0.05, 0.1) is 0 Å². The molecule has 5 N–H and O–H groups in total. The average molecular weight is 290 g/mol. The Morgan fingerprint density at radius 2 is 2.06 bits per heavy atom. The number of hydrogen-bond acceptors (Lipinski definition) is 5. The van der Waals surface area contributed by atoms with Gasteiger partial charge >= 0.3 is 7.60 Å². The maximum absolute atomic E-state index is 11.2. The molecule has 6 nitrogen and oxygen atoms in total. The van der Waals surface area contributed by atoms with E-state index in [0.717, 1.165) is 12.2 Å². The molecule has 0 aromatic rings. The molecule has 0 radical (unpaired) electrons. The van der Waals surface area contributed by atoms with Gasteiger partial charge in [0.2, 0.25) is 13.5 Å². The summed E-state index contributed by atoms with van der Waals surface area (Å²) in [6.07, 6.45) is 0.720. The Morgan fingerprint density at radius 3 is 2.38 bits per heavy atom. The summed E-state index contributed by atoms with van der Waals surface area (Å²) >= 11 is 1.63. The van der Waals surface area contributed by atoms with Gasteiger partial charge in [-0.25, -0.2) is 0 Å². The van der Waals surface area contributed by atoms with Crippen LogP contribution < -0.4 is 0 Å². The maximum Gasteiger partial charge on any atom is 0.366 e. The average Bonchev–Trinajstić information content (AvgIpc) is 2.65. The van der Waals surface area contributed by atoms with Crippen molar-refractivity contribution in [3.8, 4) is 0 Å². The summed E-state index contributed by atoms with van der Waals surface area (Å²) in [5.41, 5.74) is 0. The molecule has 1 aliphatic rings. The van der Waals surface area contributed by atoms with Gasteiger partial charge in [-0.1, -0.05) is 6.92 Å². The third-order valence-corrected chi connectivity index (χ3v) is 7.77. The van der Waals surface area contributed by atoms with E-state index in [1.807, 2.05) is 0 Å². The molecule has 0 amide bonds. The summed E-state index contributed by atoms with van der Waals surface area (Å²) in [6.45, 7) is 1.46. The molecule has 1 fully saturated rings. The number of aliphatic hydroxyl groups is 1. The highest BCUT2D eigenvalue weighted by atomic mass is 32.2. The lowest BCUT2D eigenvalue weighted by molar-refractivity contribution is 0.0757. The van der Waals surface area contributed by atoms with E-state index in [4.69, 9.17) is 19.6 Å². The van der Waals surface area contributed by atoms with Gasteiger partial charge in [0.15, 0.2) is 0 Å². The van der Waals surface area contributed by atoms with Crippen LogP contribution in [-0.2, 0) is 4.57 Å². The molecule has 0 aromatic heterocycles. The highest BCUT2D eigenvalue weighted by Gasteiger charge is 2.58. The van der Waals surface area contributed by atoms with Crippen molar-refractivity contribution in [1.29, 1.82) is 0 Å². The Labute approximate surface area is 99.2 Å². The first kappa shape index (κ1) is 14.9. The van der Waals surface area contributed by atoms with Crippen LogP contribution in [0.1, 0.15) is 13.3 Å². The Hall–Kier alpha value is 0.810. The van der Waals surface area contributed by atoms with E-state index >= 15 is 0 Å². The van der Waals surface area contributed by atoms with Gasteiger partial charge in [0, 0.05) is 5.92 Å². The Morgan fingerprint density at radius 1 is 1.50 bits per heavy atom. The van der Waals surface area contributed by atoms with Crippen molar-refractivity contribution in [2.24, 2.45) is 11.8 Å². The molecule has 1 saturated heterocycles. The van der Waals surface area contributed by atoms with E-state index in [1.165, 1.54) is 6.92 Å². The maximum atomic E-state index is 11.2. The van der Waals surface area contributed by atoms with Crippen molar-refractivity contribution in [3.63, 3.8) is 0 Å². The lowest BCUT2D eigenvalue weighted by Crippen LogP contribution is -2.38. The van der Waals surface area contributed by atoms with Crippen LogP contribution in [0.2, 0.25) is 0 Å². The third kappa shape index (κ3) is 2.62.